The maximum atomic E-state index is 10.2. The quantitative estimate of drug-likeness (QED) is 0.523. The van der Waals surface area contributed by atoms with Crippen molar-refractivity contribution in [1.82, 2.24) is 0 Å². The molecule has 0 aliphatic rings. The highest BCUT2D eigenvalue weighted by Gasteiger charge is 1.96. The Hall–Kier alpha value is -1.65. The van der Waals surface area contributed by atoms with E-state index in [1.807, 2.05) is 6.92 Å². The molecule has 0 bridgehead atoms. The van der Waals surface area contributed by atoms with Crippen molar-refractivity contribution in [3.8, 4) is 0 Å². The van der Waals surface area contributed by atoms with E-state index in [9.17, 15) is 9.59 Å². The minimum atomic E-state index is -0.641. The smallest absolute Gasteiger partial charge is 0.337 e. The van der Waals surface area contributed by atoms with E-state index in [0.29, 0.717) is 5.57 Å². The Morgan fingerprint density at radius 1 is 1.43 bits per heavy atom. The van der Waals surface area contributed by atoms with Gasteiger partial charge in [-0.15, -0.1) is 0 Å². The minimum absolute atomic E-state index is 0.383. The SMILES string of the molecule is C=C(CCC)C(N)=O.CC=NC(N)=O. The van der Waals surface area contributed by atoms with Crippen molar-refractivity contribution in [1.29, 1.82) is 0 Å². The van der Waals surface area contributed by atoms with Gasteiger partial charge in [0.05, 0.1) is 0 Å². The van der Waals surface area contributed by atoms with Crippen LogP contribution in [0.3, 0.4) is 0 Å². The third-order valence-corrected chi connectivity index (χ3v) is 1.16. The van der Waals surface area contributed by atoms with Crippen molar-refractivity contribution in [3.63, 3.8) is 0 Å². The summed E-state index contributed by atoms with van der Waals surface area (Å²) in [6, 6.07) is -0.641. The van der Waals surface area contributed by atoms with Gasteiger partial charge in [0.15, 0.2) is 0 Å². The summed E-state index contributed by atoms with van der Waals surface area (Å²) in [6.45, 7) is 7.08. The number of hydrogen-bond acceptors (Lipinski definition) is 2. The van der Waals surface area contributed by atoms with Gasteiger partial charge < -0.3 is 11.5 Å². The van der Waals surface area contributed by atoms with E-state index in [1.165, 1.54) is 6.21 Å². The van der Waals surface area contributed by atoms with Crippen LogP contribution >= 0.6 is 0 Å². The number of rotatable bonds is 3. The monoisotopic (exact) mass is 199 g/mol. The van der Waals surface area contributed by atoms with Crippen LogP contribution in [0.5, 0.6) is 0 Å². The van der Waals surface area contributed by atoms with Gasteiger partial charge in [0, 0.05) is 11.8 Å². The molecule has 3 amide bonds. The maximum Gasteiger partial charge on any atom is 0.337 e. The first kappa shape index (κ1) is 14.9. The highest BCUT2D eigenvalue weighted by atomic mass is 16.2. The standard InChI is InChI=1S/C6H11NO.C3H6N2O/c1-3-4-5(2)6(7)8;1-2-5-3(4)6/h2-4H2,1H3,(H2,7,8);2H,1H3,(H2,4,6). The van der Waals surface area contributed by atoms with E-state index >= 15 is 0 Å². The number of amides is 3. The molecule has 0 aliphatic heterocycles. The zero-order valence-corrected chi connectivity index (χ0v) is 8.62. The van der Waals surface area contributed by atoms with Crippen LogP contribution in [0, 0.1) is 0 Å². The normalized spacial score (nSPS) is 9.00. The highest BCUT2D eigenvalue weighted by Crippen LogP contribution is 1.98. The Bertz CT molecular complexity index is 234. The molecule has 4 N–H and O–H groups in total. The fourth-order valence-electron chi connectivity index (χ4n) is 0.552. The molecular weight excluding hydrogens is 182 g/mol. The summed E-state index contributed by atoms with van der Waals surface area (Å²) in [7, 11) is 0. The van der Waals surface area contributed by atoms with Crippen molar-refractivity contribution >= 4 is 18.2 Å². The second kappa shape index (κ2) is 9.44. The van der Waals surface area contributed by atoms with Crippen LogP contribution in [0.1, 0.15) is 26.7 Å². The Labute approximate surface area is 83.9 Å². The van der Waals surface area contributed by atoms with E-state index in [0.717, 1.165) is 12.8 Å². The molecule has 0 unspecified atom stereocenters. The molecule has 0 saturated carbocycles. The van der Waals surface area contributed by atoms with E-state index < -0.39 is 6.03 Å². The average molecular weight is 199 g/mol. The summed E-state index contributed by atoms with van der Waals surface area (Å²) in [6.07, 6.45) is 3.00. The summed E-state index contributed by atoms with van der Waals surface area (Å²) in [5.74, 6) is -0.383. The Kier molecular flexibility index (Phi) is 10.0. The molecule has 0 rings (SSSR count). The second-order valence-corrected chi connectivity index (χ2v) is 2.44. The molecule has 80 valence electrons. The summed E-state index contributed by atoms with van der Waals surface area (Å²) in [5.41, 5.74) is 9.97. The molecule has 0 aromatic heterocycles. The van der Waals surface area contributed by atoms with Gasteiger partial charge in [0.25, 0.3) is 0 Å². The van der Waals surface area contributed by atoms with Gasteiger partial charge in [0.2, 0.25) is 5.91 Å². The Morgan fingerprint density at radius 3 is 2.00 bits per heavy atom. The lowest BCUT2D eigenvalue weighted by Gasteiger charge is -1.93. The average Bonchev–Trinajstić information content (AvgIpc) is 2.05. The lowest BCUT2D eigenvalue weighted by molar-refractivity contribution is -0.114. The number of aliphatic imine (C=N–C) groups is 1. The lowest BCUT2D eigenvalue weighted by atomic mass is 10.2. The molecule has 0 aliphatic carbocycles. The lowest BCUT2D eigenvalue weighted by Crippen LogP contribution is -2.12. The third kappa shape index (κ3) is 13.0. The number of carbonyl (C=O) groups excluding carboxylic acids is 2. The number of nitrogens with zero attached hydrogens (tertiary/aromatic N) is 1. The van der Waals surface area contributed by atoms with E-state index in [-0.39, 0.29) is 5.91 Å². The van der Waals surface area contributed by atoms with Crippen LogP contribution in [-0.4, -0.2) is 18.2 Å². The third-order valence-electron chi connectivity index (χ3n) is 1.16. The summed E-state index contributed by atoms with van der Waals surface area (Å²) < 4.78 is 0. The maximum absolute atomic E-state index is 10.2. The number of nitrogens with two attached hydrogens (primary N) is 2. The fourth-order valence-corrected chi connectivity index (χ4v) is 0.552. The van der Waals surface area contributed by atoms with Gasteiger partial charge in [0.1, 0.15) is 0 Å². The van der Waals surface area contributed by atoms with Crippen molar-refractivity contribution in [2.75, 3.05) is 0 Å². The molecule has 0 fully saturated rings. The molecule has 0 aromatic carbocycles. The van der Waals surface area contributed by atoms with Gasteiger partial charge in [-0.1, -0.05) is 19.9 Å². The van der Waals surface area contributed by atoms with Gasteiger partial charge >= 0.3 is 6.03 Å². The number of hydrogen-bond donors (Lipinski definition) is 2. The highest BCUT2D eigenvalue weighted by molar-refractivity contribution is 5.91. The van der Waals surface area contributed by atoms with Crippen LogP contribution in [-0.2, 0) is 4.79 Å². The number of primary amides is 2. The molecule has 14 heavy (non-hydrogen) atoms. The molecular formula is C9H17N3O2. The van der Waals surface area contributed by atoms with Crippen molar-refractivity contribution < 1.29 is 9.59 Å². The Morgan fingerprint density at radius 2 is 1.93 bits per heavy atom. The molecule has 5 nitrogen and oxygen atoms in total. The topological polar surface area (TPSA) is 98.5 Å². The zero-order chi connectivity index (χ0) is 11.6. The van der Waals surface area contributed by atoms with Crippen LogP contribution in [0.2, 0.25) is 0 Å². The van der Waals surface area contributed by atoms with E-state index in [4.69, 9.17) is 5.73 Å². The predicted molar refractivity (Wildman–Crippen MR) is 57.0 cm³/mol. The molecule has 0 radical (unpaired) electrons. The van der Waals surface area contributed by atoms with Crippen LogP contribution < -0.4 is 11.5 Å². The van der Waals surface area contributed by atoms with Gasteiger partial charge in [-0.25, -0.2) is 9.79 Å². The van der Waals surface area contributed by atoms with Gasteiger partial charge in [-0.2, -0.15) is 0 Å². The molecule has 0 heterocycles. The van der Waals surface area contributed by atoms with Gasteiger partial charge in [-0.05, 0) is 13.3 Å². The summed E-state index contributed by atoms with van der Waals surface area (Å²) in [5, 5.41) is 0. The molecule has 0 aromatic rings. The van der Waals surface area contributed by atoms with E-state index in [2.05, 4.69) is 17.3 Å². The first-order valence-corrected chi connectivity index (χ1v) is 4.21. The largest absolute Gasteiger partial charge is 0.366 e. The first-order valence-electron chi connectivity index (χ1n) is 4.21. The molecule has 0 saturated heterocycles. The van der Waals surface area contributed by atoms with Crippen molar-refractivity contribution in [2.45, 2.75) is 26.7 Å². The van der Waals surface area contributed by atoms with Crippen LogP contribution in [0.4, 0.5) is 4.79 Å². The zero-order valence-electron chi connectivity index (χ0n) is 8.62. The van der Waals surface area contributed by atoms with Crippen LogP contribution in [0.15, 0.2) is 17.1 Å². The van der Waals surface area contributed by atoms with E-state index in [1.54, 1.807) is 6.92 Å². The molecule has 0 atom stereocenters. The summed E-state index contributed by atoms with van der Waals surface area (Å²) in [4.78, 5) is 23.0. The Balaban J connectivity index is 0. The second-order valence-electron chi connectivity index (χ2n) is 2.44. The predicted octanol–water partition coefficient (Wildman–Crippen LogP) is 0.984. The molecule has 5 heteroatoms. The van der Waals surface area contributed by atoms with Gasteiger partial charge in [-0.3, -0.25) is 4.79 Å². The van der Waals surface area contributed by atoms with Crippen molar-refractivity contribution in [3.05, 3.63) is 12.2 Å². The minimum Gasteiger partial charge on any atom is -0.366 e. The van der Waals surface area contributed by atoms with Crippen molar-refractivity contribution in [2.24, 2.45) is 16.5 Å². The number of urea groups is 1. The summed E-state index contributed by atoms with van der Waals surface area (Å²) >= 11 is 0. The fraction of sp³-hybridized carbons (Fsp3) is 0.444. The first-order chi connectivity index (χ1) is 6.45. The molecule has 0 spiro atoms. The number of carbonyl (C=O) groups is 2. The van der Waals surface area contributed by atoms with Crippen LogP contribution in [0.25, 0.3) is 0 Å².